The van der Waals surface area contributed by atoms with E-state index in [0.717, 1.165) is 7.11 Å². The molecular formula is C15H18ClNO7S. The molecule has 1 aromatic carbocycles. The van der Waals surface area contributed by atoms with Gasteiger partial charge in [0.25, 0.3) is 0 Å². The van der Waals surface area contributed by atoms with Crippen LogP contribution in [0.1, 0.15) is 23.2 Å². The van der Waals surface area contributed by atoms with E-state index in [0.29, 0.717) is 0 Å². The lowest BCUT2D eigenvalue weighted by Gasteiger charge is -2.30. The SMILES string of the molecule is COC(=O)c1cc(Cl)cc(S(=O)(=O)N2CCC(C(=O)O)CC2)c1OC. The molecule has 1 aliphatic rings. The van der Waals surface area contributed by atoms with Crippen LogP contribution >= 0.6 is 11.6 Å². The van der Waals surface area contributed by atoms with Crippen LogP contribution in [0.15, 0.2) is 17.0 Å². The highest BCUT2D eigenvalue weighted by Gasteiger charge is 2.35. The summed E-state index contributed by atoms with van der Waals surface area (Å²) in [6.45, 7) is 0.116. The second-order valence-corrected chi connectivity index (χ2v) is 7.84. The molecule has 1 N–H and O–H groups in total. The van der Waals surface area contributed by atoms with Gasteiger partial charge in [0.15, 0.2) is 5.75 Å². The lowest BCUT2D eigenvalue weighted by atomic mass is 9.99. The number of sulfonamides is 1. The van der Waals surface area contributed by atoms with E-state index in [9.17, 15) is 18.0 Å². The minimum atomic E-state index is -4.02. The standard InChI is InChI=1S/C15H18ClNO7S/c1-23-13-11(15(20)24-2)7-10(16)8-12(13)25(21,22)17-5-3-9(4-6-17)14(18)19/h7-9H,3-6H2,1-2H3,(H,18,19). The normalized spacial score (nSPS) is 16.4. The van der Waals surface area contributed by atoms with Gasteiger partial charge in [0.1, 0.15) is 10.5 Å². The molecular weight excluding hydrogens is 374 g/mol. The molecule has 0 atom stereocenters. The molecule has 0 aromatic heterocycles. The number of esters is 1. The topological polar surface area (TPSA) is 110 Å². The van der Waals surface area contributed by atoms with Crippen molar-refractivity contribution in [3.63, 3.8) is 0 Å². The molecule has 0 amide bonds. The van der Waals surface area contributed by atoms with Gasteiger partial charge < -0.3 is 14.6 Å². The average molecular weight is 392 g/mol. The van der Waals surface area contributed by atoms with Gasteiger partial charge in [-0.3, -0.25) is 4.79 Å². The Balaban J connectivity index is 2.44. The number of aliphatic carboxylic acids is 1. The second kappa shape index (κ2) is 7.59. The number of carboxylic acids is 1. The smallest absolute Gasteiger partial charge is 0.341 e. The van der Waals surface area contributed by atoms with Gasteiger partial charge in [-0.15, -0.1) is 0 Å². The van der Waals surface area contributed by atoms with Crippen molar-refractivity contribution in [3.8, 4) is 5.75 Å². The van der Waals surface area contributed by atoms with Crippen molar-refractivity contribution in [2.24, 2.45) is 5.92 Å². The lowest BCUT2D eigenvalue weighted by Crippen LogP contribution is -2.40. The highest BCUT2D eigenvalue weighted by atomic mass is 35.5. The Morgan fingerprint density at radius 3 is 2.32 bits per heavy atom. The van der Waals surface area contributed by atoms with Crippen LogP contribution in [0, 0.1) is 5.92 Å². The molecule has 0 bridgehead atoms. The summed E-state index contributed by atoms with van der Waals surface area (Å²) in [6, 6.07) is 2.47. The van der Waals surface area contributed by atoms with Crippen LogP contribution in [0.3, 0.4) is 0 Å². The molecule has 0 saturated carbocycles. The van der Waals surface area contributed by atoms with Crippen molar-refractivity contribution < 1.29 is 32.6 Å². The molecule has 8 nitrogen and oxygen atoms in total. The quantitative estimate of drug-likeness (QED) is 0.759. The van der Waals surface area contributed by atoms with Gasteiger partial charge in [-0.1, -0.05) is 11.6 Å². The van der Waals surface area contributed by atoms with E-state index in [1.54, 1.807) is 0 Å². The van der Waals surface area contributed by atoms with Crippen molar-refractivity contribution in [3.05, 3.63) is 22.7 Å². The highest BCUT2D eigenvalue weighted by Crippen LogP contribution is 2.35. The number of halogens is 1. The molecule has 0 unspecified atom stereocenters. The van der Waals surface area contributed by atoms with E-state index in [1.807, 2.05) is 0 Å². The van der Waals surface area contributed by atoms with E-state index in [4.69, 9.17) is 21.4 Å². The summed E-state index contributed by atoms with van der Waals surface area (Å²) in [7, 11) is -1.62. The van der Waals surface area contributed by atoms with Crippen LogP contribution in [-0.2, 0) is 19.6 Å². The molecule has 25 heavy (non-hydrogen) atoms. The first-order valence-electron chi connectivity index (χ1n) is 7.41. The first-order chi connectivity index (χ1) is 11.7. The molecule has 1 fully saturated rings. The van der Waals surface area contributed by atoms with E-state index in [-0.39, 0.29) is 47.2 Å². The summed E-state index contributed by atoms with van der Waals surface area (Å²) in [5.41, 5.74) is -0.100. The molecule has 0 aliphatic carbocycles. The molecule has 1 heterocycles. The number of piperidine rings is 1. The molecule has 1 aromatic rings. The van der Waals surface area contributed by atoms with Crippen LogP contribution < -0.4 is 4.74 Å². The Labute approximate surface area is 150 Å². The molecule has 1 aliphatic heterocycles. The number of nitrogens with zero attached hydrogens (tertiary/aromatic N) is 1. The fourth-order valence-electron chi connectivity index (χ4n) is 2.71. The Morgan fingerprint density at radius 2 is 1.84 bits per heavy atom. The summed E-state index contributed by atoms with van der Waals surface area (Å²) in [4.78, 5) is 22.7. The van der Waals surface area contributed by atoms with Crippen molar-refractivity contribution in [1.29, 1.82) is 0 Å². The van der Waals surface area contributed by atoms with E-state index in [2.05, 4.69) is 4.74 Å². The van der Waals surface area contributed by atoms with Crippen molar-refractivity contribution >= 4 is 33.6 Å². The Morgan fingerprint density at radius 1 is 1.24 bits per heavy atom. The summed E-state index contributed by atoms with van der Waals surface area (Å²) >= 11 is 5.97. The molecule has 10 heteroatoms. The summed E-state index contributed by atoms with van der Waals surface area (Å²) in [5.74, 6) is -2.44. The summed E-state index contributed by atoms with van der Waals surface area (Å²) in [5, 5.41) is 9.07. The number of ether oxygens (including phenoxy) is 2. The third-order valence-electron chi connectivity index (χ3n) is 4.05. The van der Waals surface area contributed by atoms with Crippen molar-refractivity contribution in [2.45, 2.75) is 17.7 Å². The molecule has 0 spiro atoms. The number of carbonyl (C=O) groups is 2. The van der Waals surface area contributed by atoms with E-state index < -0.39 is 27.9 Å². The van der Waals surface area contributed by atoms with Gasteiger partial charge >= 0.3 is 11.9 Å². The van der Waals surface area contributed by atoms with Crippen molar-refractivity contribution in [1.82, 2.24) is 4.31 Å². The van der Waals surface area contributed by atoms with Gasteiger partial charge in [0, 0.05) is 18.1 Å². The number of rotatable bonds is 5. The fraction of sp³-hybridized carbons (Fsp3) is 0.467. The first-order valence-corrected chi connectivity index (χ1v) is 9.23. The lowest BCUT2D eigenvalue weighted by molar-refractivity contribution is -0.142. The van der Waals surface area contributed by atoms with Crippen LogP contribution in [0.25, 0.3) is 0 Å². The van der Waals surface area contributed by atoms with Crippen LogP contribution in [0.2, 0.25) is 5.02 Å². The monoisotopic (exact) mass is 391 g/mol. The zero-order chi connectivity index (χ0) is 18.8. The Bertz CT molecular complexity index is 785. The van der Waals surface area contributed by atoms with Gasteiger partial charge in [0.05, 0.1) is 20.1 Å². The second-order valence-electron chi connectivity index (χ2n) is 5.49. The van der Waals surface area contributed by atoms with Gasteiger partial charge in [-0.05, 0) is 25.0 Å². The molecule has 0 radical (unpaired) electrons. The Hall–Kier alpha value is -1.84. The number of benzene rings is 1. The van der Waals surface area contributed by atoms with Crippen molar-refractivity contribution in [2.75, 3.05) is 27.3 Å². The van der Waals surface area contributed by atoms with Crippen LogP contribution in [0.5, 0.6) is 5.75 Å². The maximum absolute atomic E-state index is 12.9. The average Bonchev–Trinajstić information content (AvgIpc) is 2.60. The van der Waals surface area contributed by atoms with Gasteiger partial charge in [0.2, 0.25) is 10.0 Å². The zero-order valence-corrected chi connectivity index (χ0v) is 15.3. The number of carboxylic acid groups (broad SMARTS) is 1. The predicted molar refractivity (Wildman–Crippen MR) is 88.5 cm³/mol. The van der Waals surface area contributed by atoms with Gasteiger partial charge in [-0.25, -0.2) is 13.2 Å². The van der Waals surface area contributed by atoms with E-state index >= 15 is 0 Å². The van der Waals surface area contributed by atoms with Crippen LogP contribution in [0.4, 0.5) is 0 Å². The number of carbonyl (C=O) groups excluding carboxylic acids is 1. The maximum Gasteiger partial charge on any atom is 0.341 e. The first kappa shape index (κ1) is 19.5. The Kier molecular flexibility index (Phi) is 5.91. The third kappa shape index (κ3) is 3.88. The fourth-order valence-corrected chi connectivity index (χ4v) is 4.67. The summed E-state index contributed by atoms with van der Waals surface area (Å²) in [6.07, 6.45) is 0.419. The number of hydrogen-bond acceptors (Lipinski definition) is 6. The predicted octanol–water partition coefficient (Wildman–Crippen LogP) is 1.62. The van der Waals surface area contributed by atoms with Gasteiger partial charge in [-0.2, -0.15) is 4.31 Å². The van der Waals surface area contributed by atoms with E-state index in [1.165, 1.54) is 23.5 Å². The molecule has 2 rings (SSSR count). The largest absolute Gasteiger partial charge is 0.494 e. The maximum atomic E-state index is 12.9. The molecule has 138 valence electrons. The molecule has 1 saturated heterocycles. The summed E-state index contributed by atoms with van der Waals surface area (Å²) < 4.78 is 36.8. The zero-order valence-electron chi connectivity index (χ0n) is 13.7. The minimum Gasteiger partial charge on any atom is -0.494 e. The number of methoxy groups -OCH3 is 2. The van der Waals surface area contributed by atoms with Crippen LogP contribution in [-0.4, -0.2) is 57.1 Å². The number of hydrogen-bond donors (Lipinski definition) is 1. The minimum absolute atomic E-state index is 0.0418. The highest BCUT2D eigenvalue weighted by molar-refractivity contribution is 7.89. The third-order valence-corrected chi connectivity index (χ3v) is 6.17.